The average Bonchev–Trinajstić information content (AvgIpc) is 2.36. The van der Waals surface area contributed by atoms with Gasteiger partial charge in [0.05, 0.1) is 6.10 Å². The fraction of sp³-hybridized carbons (Fsp3) is 0.417. The van der Waals surface area contributed by atoms with E-state index in [4.69, 9.17) is 14.9 Å². The van der Waals surface area contributed by atoms with E-state index in [0.29, 0.717) is 5.56 Å². The molecular weight excluding hydrogens is 240 g/mol. The van der Waals surface area contributed by atoms with Gasteiger partial charge < -0.3 is 25.2 Å². The molecule has 0 aromatic heterocycles. The normalized spacial score (nSPS) is 13.9. The largest absolute Gasteiger partial charge is 0.482 e. The van der Waals surface area contributed by atoms with Crippen molar-refractivity contribution in [1.82, 2.24) is 0 Å². The van der Waals surface area contributed by atoms with Gasteiger partial charge in [0, 0.05) is 12.2 Å². The Kier molecular flexibility index (Phi) is 5.57. The second-order valence-corrected chi connectivity index (χ2v) is 3.74. The van der Waals surface area contributed by atoms with Crippen molar-refractivity contribution >= 4 is 5.97 Å². The third-order valence-corrected chi connectivity index (χ3v) is 2.38. The Hall–Kier alpha value is -1.63. The molecule has 1 aromatic carbocycles. The highest BCUT2D eigenvalue weighted by Gasteiger charge is 2.21. The summed E-state index contributed by atoms with van der Waals surface area (Å²) >= 11 is 0. The van der Waals surface area contributed by atoms with E-state index in [1.54, 1.807) is 12.1 Å². The molecule has 4 N–H and O–H groups in total. The fourth-order valence-corrected chi connectivity index (χ4v) is 1.49. The van der Waals surface area contributed by atoms with Gasteiger partial charge in [0.15, 0.2) is 6.61 Å². The lowest BCUT2D eigenvalue weighted by molar-refractivity contribution is -0.139. The van der Waals surface area contributed by atoms with E-state index in [0.717, 1.165) is 0 Å². The Morgan fingerprint density at radius 2 is 1.94 bits per heavy atom. The molecule has 1 aromatic rings. The lowest BCUT2D eigenvalue weighted by atomic mass is 10.0. The number of hydrogen-bond donors (Lipinski definition) is 4. The summed E-state index contributed by atoms with van der Waals surface area (Å²) in [6, 6.07) is 6.30. The maximum Gasteiger partial charge on any atom is 0.341 e. The van der Waals surface area contributed by atoms with Crippen LogP contribution in [0.3, 0.4) is 0 Å². The van der Waals surface area contributed by atoms with Crippen molar-refractivity contribution in [1.29, 1.82) is 0 Å². The summed E-state index contributed by atoms with van der Waals surface area (Å²) in [5.41, 5.74) is 0.291. The molecule has 0 saturated carbocycles. The van der Waals surface area contributed by atoms with E-state index in [-0.39, 0.29) is 18.8 Å². The van der Waals surface area contributed by atoms with Gasteiger partial charge in [0.25, 0.3) is 0 Å². The first-order valence-electron chi connectivity index (χ1n) is 5.46. The number of rotatable bonds is 7. The molecule has 0 bridgehead atoms. The Balaban J connectivity index is 2.83. The quantitative estimate of drug-likeness (QED) is 0.544. The third-order valence-electron chi connectivity index (χ3n) is 2.38. The molecule has 0 aliphatic carbocycles. The highest BCUT2D eigenvalue weighted by atomic mass is 16.5. The minimum Gasteiger partial charge on any atom is -0.482 e. The second kappa shape index (κ2) is 6.95. The van der Waals surface area contributed by atoms with Gasteiger partial charge in [-0.1, -0.05) is 18.2 Å². The Morgan fingerprint density at radius 1 is 1.28 bits per heavy atom. The van der Waals surface area contributed by atoms with Crippen molar-refractivity contribution in [3.8, 4) is 5.75 Å². The van der Waals surface area contributed by atoms with Crippen LogP contribution in [0.25, 0.3) is 0 Å². The highest BCUT2D eigenvalue weighted by Crippen LogP contribution is 2.28. The lowest BCUT2D eigenvalue weighted by Gasteiger charge is -2.19. The molecule has 18 heavy (non-hydrogen) atoms. The second-order valence-electron chi connectivity index (χ2n) is 3.74. The van der Waals surface area contributed by atoms with Gasteiger partial charge >= 0.3 is 5.97 Å². The summed E-state index contributed by atoms with van der Waals surface area (Å²) in [6.45, 7) is -0.782. The van der Waals surface area contributed by atoms with E-state index in [9.17, 15) is 15.0 Å². The van der Waals surface area contributed by atoms with Crippen LogP contribution in [0.2, 0.25) is 0 Å². The topological polar surface area (TPSA) is 107 Å². The first-order valence-corrected chi connectivity index (χ1v) is 5.46. The number of aliphatic carboxylic acids is 1. The SMILES string of the molecule is O=C(O)COc1ccccc1C(O)C(O)CCO. The molecule has 0 aliphatic rings. The van der Waals surface area contributed by atoms with Crippen molar-refractivity contribution in [3.63, 3.8) is 0 Å². The van der Waals surface area contributed by atoms with E-state index in [1.165, 1.54) is 12.1 Å². The maximum absolute atomic E-state index is 10.4. The standard InChI is InChI=1S/C12H16O6/c13-6-5-9(14)12(17)8-3-1-2-4-10(8)18-7-11(15)16/h1-4,9,12-14,17H,5-7H2,(H,15,16). The first-order chi connectivity index (χ1) is 8.56. The number of para-hydroxylation sites is 1. The number of hydrogen-bond acceptors (Lipinski definition) is 5. The van der Waals surface area contributed by atoms with Gasteiger partial charge in [-0.25, -0.2) is 4.79 Å². The summed E-state index contributed by atoms with van der Waals surface area (Å²) in [7, 11) is 0. The van der Waals surface area contributed by atoms with Gasteiger partial charge in [0.2, 0.25) is 0 Å². The van der Waals surface area contributed by atoms with Gasteiger partial charge in [0.1, 0.15) is 11.9 Å². The van der Waals surface area contributed by atoms with Crippen molar-refractivity contribution in [2.75, 3.05) is 13.2 Å². The zero-order valence-corrected chi connectivity index (χ0v) is 9.69. The summed E-state index contributed by atoms with van der Waals surface area (Å²) in [6.07, 6.45) is -2.35. The molecule has 2 atom stereocenters. The lowest BCUT2D eigenvalue weighted by Crippen LogP contribution is -2.21. The van der Waals surface area contributed by atoms with Crippen LogP contribution < -0.4 is 4.74 Å². The number of benzene rings is 1. The van der Waals surface area contributed by atoms with Crippen molar-refractivity contribution in [2.24, 2.45) is 0 Å². The van der Waals surface area contributed by atoms with Crippen LogP contribution in [-0.4, -0.2) is 45.7 Å². The fourth-order valence-electron chi connectivity index (χ4n) is 1.49. The third kappa shape index (κ3) is 3.99. The molecular formula is C12H16O6. The summed E-state index contributed by atoms with van der Waals surface area (Å²) < 4.78 is 5.01. The molecule has 0 aliphatic heterocycles. The van der Waals surface area contributed by atoms with Crippen LogP contribution >= 0.6 is 0 Å². The molecule has 100 valence electrons. The maximum atomic E-state index is 10.4. The number of carboxylic acid groups (broad SMARTS) is 1. The summed E-state index contributed by atoms with van der Waals surface area (Å²) in [4.78, 5) is 10.4. The smallest absolute Gasteiger partial charge is 0.341 e. The molecule has 6 heteroatoms. The Labute approximate surface area is 104 Å². The zero-order valence-electron chi connectivity index (χ0n) is 9.69. The molecule has 1 rings (SSSR count). The predicted molar refractivity (Wildman–Crippen MR) is 62.2 cm³/mol. The number of ether oxygens (including phenoxy) is 1. The van der Waals surface area contributed by atoms with Gasteiger partial charge in [-0.15, -0.1) is 0 Å². The van der Waals surface area contributed by atoms with Gasteiger partial charge in [-0.05, 0) is 12.5 Å². The van der Waals surface area contributed by atoms with E-state index >= 15 is 0 Å². The molecule has 0 saturated heterocycles. The highest BCUT2D eigenvalue weighted by molar-refractivity contribution is 5.68. The monoisotopic (exact) mass is 256 g/mol. The van der Waals surface area contributed by atoms with Crippen molar-refractivity contribution < 1.29 is 30.0 Å². The molecule has 0 amide bonds. The van der Waals surface area contributed by atoms with E-state index in [1.807, 2.05) is 0 Å². The van der Waals surface area contributed by atoms with Crippen molar-refractivity contribution in [2.45, 2.75) is 18.6 Å². The van der Waals surface area contributed by atoms with Crippen LogP contribution in [0, 0.1) is 0 Å². The minimum absolute atomic E-state index is 0.0223. The number of aliphatic hydroxyl groups excluding tert-OH is 3. The van der Waals surface area contributed by atoms with Gasteiger partial charge in [-0.2, -0.15) is 0 Å². The van der Waals surface area contributed by atoms with Crippen LogP contribution in [0.4, 0.5) is 0 Å². The molecule has 0 radical (unpaired) electrons. The van der Waals surface area contributed by atoms with Crippen LogP contribution in [-0.2, 0) is 4.79 Å². The summed E-state index contributed by atoms with van der Waals surface area (Å²) in [5, 5.41) is 36.7. The summed E-state index contributed by atoms with van der Waals surface area (Å²) in [5.74, 6) is -0.931. The molecule has 0 fully saturated rings. The van der Waals surface area contributed by atoms with Crippen LogP contribution in [0.15, 0.2) is 24.3 Å². The van der Waals surface area contributed by atoms with E-state index in [2.05, 4.69) is 0 Å². The molecule has 0 spiro atoms. The Bertz CT molecular complexity index is 392. The average molecular weight is 256 g/mol. The first kappa shape index (κ1) is 14.4. The number of aliphatic hydroxyl groups is 3. The molecule has 2 unspecified atom stereocenters. The zero-order chi connectivity index (χ0) is 13.5. The van der Waals surface area contributed by atoms with Gasteiger partial charge in [-0.3, -0.25) is 0 Å². The predicted octanol–water partition coefficient (Wildman–Crippen LogP) is -0.0733. The van der Waals surface area contributed by atoms with E-state index < -0.39 is 24.8 Å². The number of carbonyl (C=O) groups is 1. The van der Waals surface area contributed by atoms with Crippen LogP contribution in [0.5, 0.6) is 5.75 Å². The molecule has 0 heterocycles. The number of carboxylic acids is 1. The molecule has 6 nitrogen and oxygen atoms in total. The Morgan fingerprint density at radius 3 is 2.56 bits per heavy atom. The van der Waals surface area contributed by atoms with Crippen molar-refractivity contribution in [3.05, 3.63) is 29.8 Å². The minimum atomic E-state index is -1.23. The van der Waals surface area contributed by atoms with Crippen LogP contribution in [0.1, 0.15) is 18.1 Å².